The van der Waals surface area contributed by atoms with Gasteiger partial charge >= 0.3 is 0 Å². The highest BCUT2D eigenvalue weighted by Gasteiger charge is 1.89. The van der Waals surface area contributed by atoms with E-state index in [1.165, 1.54) is 0 Å². The van der Waals surface area contributed by atoms with Gasteiger partial charge in [-0.1, -0.05) is 32.0 Å². The van der Waals surface area contributed by atoms with Crippen molar-refractivity contribution in [3.8, 4) is 0 Å². The summed E-state index contributed by atoms with van der Waals surface area (Å²) in [6.07, 6.45) is 0. The first-order chi connectivity index (χ1) is 5.79. The van der Waals surface area contributed by atoms with Crippen molar-refractivity contribution in [2.24, 2.45) is 16.1 Å². The van der Waals surface area contributed by atoms with Crippen LogP contribution in [0.5, 0.6) is 0 Å². The van der Waals surface area contributed by atoms with Crippen molar-refractivity contribution in [1.29, 1.82) is 0 Å². The van der Waals surface area contributed by atoms with E-state index in [1.807, 2.05) is 30.3 Å². The van der Waals surface area contributed by atoms with Crippen molar-refractivity contribution in [1.82, 2.24) is 0 Å². The molecular formula is C10H14N2. The lowest BCUT2D eigenvalue weighted by molar-refractivity contribution is 0.647. The highest BCUT2D eigenvalue weighted by atomic mass is 15.1. The summed E-state index contributed by atoms with van der Waals surface area (Å²) in [6.45, 7) is 5.06. The molecule has 0 unspecified atom stereocenters. The maximum Gasteiger partial charge on any atom is 0.0852 e. The summed E-state index contributed by atoms with van der Waals surface area (Å²) in [5, 5.41) is 8.14. The smallest absolute Gasteiger partial charge is 0.0852 e. The number of nitrogens with zero attached hydrogens (tertiary/aromatic N) is 2. The molecule has 0 aliphatic rings. The molecule has 0 spiro atoms. The fourth-order valence-electron chi connectivity index (χ4n) is 0.780. The molecule has 0 aromatic heterocycles. The fourth-order valence-corrected chi connectivity index (χ4v) is 0.780. The van der Waals surface area contributed by atoms with Crippen LogP contribution in [-0.2, 0) is 0 Å². The van der Waals surface area contributed by atoms with E-state index in [-0.39, 0.29) is 0 Å². The van der Waals surface area contributed by atoms with Crippen LogP contribution in [-0.4, -0.2) is 6.54 Å². The minimum Gasteiger partial charge on any atom is -0.188 e. The first kappa shape index (κ1) is 8.91. The van der Waals surface area contributed by atoms with E-state index < -0.39 is 0 Å². The van der Waals surface area contributed by atoms with Crippen LogP contribution < -0.4 is 0 Å². The van der Waals surface area contributed by atoms with Gasteiger partial charge in [-0.25, -0.2) is 0 Å². The molecule has 1 aromatic rings. The molecule has 1 aromatic carbocycles. The third-order valence-electron chi connectivity index (χ3n) is 1.39. The van der Waals surface area contributed by atoms with E-state index in [1.54, 1.807) is 0 Å². The van der Waals surface area contributed by atoms with Gasteiger partial charge in [-0.3, -0.25) is 0 Å². The van der Waals surface area contributed by atoms with Crippen LogP contribution in [0.1, 0.15) is 13.8 Å². The van der Waals surface area contributed by atoms with Gasteiger partial charge in [-0.05, 0) is 18.1 Å². The monoisotopic (exact) mass is 162 g/mol. The second kappa shape index (κ2) is 4.65. The molecule has 0 amide bonds. The van der Waals surface area contributed by atoms with Crippen LogP contribution >= 0.6 is 0 Å². The van der Waals surface area contributed by atoms with Gasteiger partial charge in [0.05, 0.1) is 12.2 Å². The zero-order valence-electron chi connectivity index (χ0n) is 7.57. The van der Waals surface area contributed by atoms with Gasteiger partial charge in [0, 0.05) is 0 Å². The zero-order valence-corrected chi connectivity index (χ0v) is 7.57. The summed E-state index contributed by atoms with van der Waals surface area (Å²) in [5.74, 6) is 0.581. The van der Waals surface area contributed by atoms with Gasteiger partial charge in [0.1, 0.15) is 0 Å². The highest BCUT2D eigenvalue weighted by Crippen LogP contribution is 2.10. The lowest BCUT2D eigenvalue weighted by atomic mass is 10.2. The second-order valence-corrected chi connectivity index (χ2v) is 3.15. The van der Waals surface area contributed by atoms with E-state index in [2.05, 4.69) is 24.1 Å². The average molecular weight is 162 g/mol. The van der Waals surface area contributed by atoms with Gasteiger partial charge in [0.2, 0.25) is 0 Å². The Morgan fingerprint density at radius 3 is 2.42 bits per heavy atom. The molecule has 0 saturated heterocycles. The third-order valence-corrected chi connectivity index (χ3v) is 1.39. The van der Waals surface area contributed by atoms with E-state index in [0.717, 1.165) is 12.2 Å². The molecule has 0 heterocycles. The highest BCUT2D eigenvalue weighted by molar-refractivity contribution is 5.34. The van der Waals surface area contributed by atoms with Crippen molar-refractivity contribution in [2.75, 3.05) is 6.54 Å². The number of hydrogen-bond acceptors (Lipinski definition) is 2. The number of hydrogen-bond donors (Lipinski definition) is 0. The zero-order chi connectivity index (χ0) is 8.81. The van der Waals surface area contributed by atoms with Crippen LogP contribution in [0.15, 0.2) is 40.6 Å². The molecule has 0 aliphatic carbocycles. The van der Waals surface area contributed by atoms with Gasteiger partial charge < -0.3 is 0 Å². The van der Waals surface area contributed by atoms with E-state index in [9.17, 15) is 0 Å². The Hall–Kier alpha value is -1.18. The first-order valence-corrected chi connectivity index (χ1v) is 4.21. The summed E-state index contributed by atoms with van der Waals surface area (Å²) >= 11 is 0. The first-order valence-electron chi connectivity index (χ1n) is 4.21. The lowest BCUT2D eigenvalue weighted by Crippen LogP contribution is -1.89. The van der Waals surface area contributed by atoms with E-state index in [4.69, 9.17) is 0 Å². The van der Waals surface area contributed by atoms with E-state index >= 15 is 0 Å². The Bertz CT molecular complexity index is 239. The average Bonchev–Trinajstić information content (AvgIpc) is 2.05. The maximum absolute atomic E-state index is 4.07. The fraction of sp³-hybridized carbons (Fsp3) is 0.400. The summed E-state index contributed by atoms with van der Waals surface area (Å²) in [6, 6.07) is 9.79. The van der Waals surface area contributed by atoms with Crippen LogP contribution in [0.25, 0.3) is 0 Å². The number of benzene rings is 1. The van der Waals surface area contributed by atoms with Gasteiger partial charge in [-0.15, -0.1) is 0 Å². The largest absolute Gasteiger partial charge is 0.188 e. The Balaban J connectivity index is 2.47. The Morgan fingerprint density at radius 2 is 1.83 bits per heavy atom. The molecule has 0 bridgehead atoms. The summed E-state index contributed by atoms with van der Waals surface area (Å²) in [4.78, 5) is 0. The Kier molecular flexibility index (Phi) is 3.45. The standard InChI is InChI=1S/C10H14N2/c1-9(2)8-11-12-10-6-4-3-5-7-10/h3-7,9H,8H2,1-2H3. The summed E-state index contributed by atoms with van der Waals surface area (Å²) in [5.41, 5.74) is 0.929. The normalized spacial score (nSPS) is 11.2. The predicted octanol–water partition coefficient (Wildman–Crippen LogP) is 3.43. The lowest BCUT2D eigenvalue weighted by Gasteiger charge is -1.95. The van der Waals surface area contributed by atoms with Gasteiger partial charge in [-0.2, -0.15) is 10.2 Å². The minimum atomic E-state index is 0.581. The van der Waals surface area contributed by atoms with Crippen molar-refractivity contribution < 1.29 is 0 Å². The molecule has 12 heavy (non-hydrogen) atoms. The molecule has 0 saturated carbocycles. The minimum absolute atomic E-state index is 0.581. The van der Waals surface area contributed by atoms with Gasteiger partial charge in [0.15, 0.2) is 0 Å². The predicted molar refractivity (Wildman–Crippen MR) is 50.7 cm³/mol. The molecule has 0 atom stereocenters. The molecule has 0 aliphatic heterocycles. The quantitative estimate of drug-likeness (QED) is 0.608. The van der Waals surface area contributed by atoms with Crippen LogP contribution in [0.2, 0.25) is 0 Å². The topological polar surface area (TPSA) is 24.7 Å². The molecular weight excluding hydrogens is 148 g/mol. The molecule has 2 nitrogen and oxygen atoms in total. The Morgan fingerprint density at radius 1 is 1.17 bits per heavy atom. The van der Waals surface area contributed by atoms with E-state index in [0.29, 0.717) is 5.92 Å². The molecule has 0 fully saturated rings. The summed E-state index contributed by atoms with van der Waals surface area (Å²) in [7, 11) is 0. The summed E-state index contributed by atoms with van der Waals surface area (Å²) < 4.78 is 0. The molecule has 0 radical (unpaired) electrons. The van der Waals surface area contributed by atoms with Crippen molar-refractivity contribution in [2.45, 2.75) is 13.8 Å². The number of rotatable bonds is 3. The van der Waals surface area contributed by atoms with Crippen LogP contribution in [0, 0.1) is 5.92 Å². The van der Waals surface area contributed by atoms with Crippen molar-refractivity contribution >= 4 is 5.69 Å². The molecule has 2 heteroatoms. The SMILES string of the molecule is CC(C)CN=Nc1ccccc1. The second-order valence-electron chi connectivity index (χ2n) is 3.15. The van der Waals surface area contributed by atoms with Crippen molar-refractivity contribution in [3.05, 3.63) is 30.3 Å². The Labute approximate surface area is 73.3 Å². The van der Waals surface area contributed by atoms with Crippen molar-refractivity contribution in [3.63, 3.8) is 0 Å². The van der Waals surface area contributed by atoms with Gasteiger partial charge in [0.25, 0.3) is 0 Å². The van der Waals surface area contributed by atoms with Crippen LogP contribution in [0.4, 0.5) is 5.69 Å². The molecule has 1 rings (SSSR count). The maximum atomic E-state index is 4.07. The molecule has 0 N–H and O–H groups in total. The van der Waals surface area contributed by atoms with Crippen LogP contribution in [0.3, 0.4) is 0 Å². The third kappa shape index (κ3) is 3.28. The number of azo groups is 1. The molecule has 64 valence electrons.